The summed E-state index contributed by atoms with van der Waals surface area (Å²) in [6.45, 7) is 2.43. The topological polar surface area (TPSA) is 231 Å². The molecule has 15 heteroatoms. The van der Waals surface area contributed by atoms with Gasteiger partial charge in [-0.3, -0.25) is 9.59 Å². The van der Waals surface area contributed by atoms with Gasteiger partial charge in [-0.05, 0) is 70.6 Å². The highest BCUT2D eigenvalue weighted by molar-refractivity contribution is 5.70. The third-order valence-corrected chi connectivity index (χ3v) is 11.8. The second kappa shape index (κ2) is 38.3. The molecule has 382 valence electrons. The third-order valence-electron chi connectivity index (χ3n) is 11.8. The Morgan fingerprint density at radius 2 is 0.955 bits per heavy atom. The number of hydrogen-bond donors (Lipinski definition) is 7. The van der Waals surface area contributed by atoms with E-state index >= 15 is 0 Å². The Morgan fingerprint density at radius 1 is 0.500 bits per heavy atom. The highest BCUT2D eigenvalue weighted by Crippen LogP contribution is 2.26. The van der Waals surface area contributed by atoms with E-state index in [2.05, 4.69) is 62.5 Å². The molecular weight excluding hydrogens is 853 g/mol. The Kier molecular flexibility index (Phi) is 34.6. The van der Waals surface area contributed by atoms with Crippen molar-refractivity contribution < 1.29 is 73.8 Å². The highest BCUT2D eigenvalue weighted by atomic mass is 16.7. The fraction of sp³-hybridized carbons (Fsp3) is 0.804. The SMILES string of the molecule is CC/C=C/C/C=C/C/C=C/CCCCCCCC(=O)OC[C@H](CO[C@@H]1O[C@H](CO[C@@H]2O[C@H](CO)[C@H](O)C(O)C2O)[C@H](O)C(O)C1O)OC(=O)CCCCC/C=C/CCCCCCCCCC. The van der Waals surface area contributed by atoms with Crippen molar-refractivity contribution in [3.63, 3.8) is 0 Å². The monoisotopic (exact) mass is 941 g/mol. The van der Waals surface area contributed by atoms with Crippen LogP contribution in [0, 0.1) is 0 Å². The van der Waals surface area contributed by atoms with E-state index in [9.17, 15) is 45.3 Å². The molecule has 0 aliphatic carbocycles. The van der Waals surface area contributed by atoms with Gasteiger partial charge in [0.15, 0.2) is 18.7 Å². The van der Waals surface area contributed by atoms with Crippen LogP contribution in [0.4, 0.5) is 0 Å². The minimum absolute atomic E-state index is 0.140. The zero-order chi connectivity index (χ0) is 48.2. The summed E-state index contributed by atoms with van der Waals surface area (Å²) in [4.78, 5) is 25.7. The van der Waals surface area contributed by atoms with Crippen LogP contribution in [0.5, 0.6) is 0 Å². The molecule has 7 N–H and O–H groups in total. The van der Waals surface area contributed by atoms with E-state index in [1.165, 1.54) is 51.4 Å². The zero-order valence-electron chi connectivity index (χ0n) is 40.2. The number of esters is 2. The lowest BCUT2D eigenvalue weighted by Gasteiger charge is -2.42. The molecule has 2 aliphatic rings. The predicted octanol–water partition coefficient (Wildman–Crippen LogP) is 6.71. The van der Waals surface area contributed by atoms with Crippen LogP contribution >= 0.6 is 0 Å². The molecule has 2 rings (SSSR count). The standard InChI is InChI=1S/C51H88O15/c1-3-5-7-9-11-13-15-17-19-21-23-25-27-29-31-33-42(53)61-36-39(64-43(54)34-32-30-28-26-24-22-20-18-16-14-12-10-8-6-4-2)37-62-50-49(60)47(58)45(56)41(66-50)38-63-51-48(59)46(57)44(55)40(35-52)65-51/h5,7,11,13,17,19,22,24,39-41,44-52,55-60H,3-4,6,8-10,12,14-16,18,20-21,23,25-38H2,1-2H3/b7-5+,13-11+,19-17+,24-22+/t39-,40-,41-,44+,45+,46?,47?,48?,49?,50-,51-/m1/s1. The molecule has 0 aromatic carbocycles. The van der Waals surface area contributed by atoms with Gasteiger partial charge >= 0.3 is 11.9 Å². The Morgan fingerprint density at radius 3 is 1.53 bits per heavy atom. The van der Waals surface area contributed by atoms with Gasteiger partial charge in [0.1, 0.15) is 55.4 Å². The van der Waals surface area contributed by atoms with Crippen molar-refractivity contribution in [2.75, 3.05) is 26.4 Å². The molecule has 0 aromatic rings. The summed E-state index contributed by atoms with van der Waals surface area (Å²) >= 11 is 0. The summed E-state index contributed by atoms with van der Waals surface area (Å²) in [6, 6.07) is 0. The van der Waals surface area contributed by atoms with Crippen LogP contribution in [0.15, 0.2) is 48.6 Å². The number of hydrogen-bond acceptors (Lipinski definition) is 15. The first-order chi connectivity index (χ1) is 32.0. The third kappa shape index (κ3) is 26.3. The molecule has 0 aromatic heterocycles. The van der Waals surface area contributed by atoms with Crippen molar-refractivity contribution >= 4 is 11.9 Å². The van der Waals surface area contributed by atoms with Crippen LogP contribution in [-0.2, 0) is 38.0 Å². The van der Waals surface area contributed by atoms with E-state index < -0.39 is 99.3 Å². The second-order valence-corrected chi connectivity index (χ2v) is 17.6. The molecule has 2 fully saturated rings. The molecule has 2 aliphatic heterocycles. The fourth-order valence-electron chi connectivity index (χ4n) is 7.64. The fourth-order valence-corrected chi connectivity index (χ4v) is 7.64. The summed E-state index contributed by atoms with van der Waals surface area (Å²) in [5.74, 6) is -0.965. The maximum Gasteiger partial charge on any atom is 0.306 e. The Balaban J connectivity index is 1.83. The molecule has 15 nitrogen and oxygen atoms in total. The van der Waals surface area contributed by atoms with Gasteiger partial charge in [-0.25, -0.2) is 0 Å². The Bertz CT molecular complexity index is 1340. The number of carbonyl (C=O) groups is 2. The molecule has 0 amide bonds. The van der Waals surface area contributed by atoms with Gasteiger partial charge in [0.05, 0.1) is 19.8 Å². The van der Waals surface area contributed by atoms with E-state index in [1.54, 1.807) is 0 Å². The molecule has 0 radical (unpaired) electrons. The normalized spacial score (nSPS) is 26.6. The van der Waals surface area contributed by atoms with Crippen LogP contribution in [0.2, 0.25) is 0 Å². The van der Waals surface area contributed by atoms with E-state index in [-0.39, 0.29) is 19.4 Å². The van der Waals surface area contributed by atoms with E-state index in [0.717, 1.165) is 77.0 Å². The lowest BCUT2D eigenvalue weighted by molar-refractivity contribution is -0.332. The van der Waals surface area contributed by atoms with Crippen LogP contribution in [0.1, 0.15) is 168 Å². The number of rotatable bonds is 38. The number of allylic oxidation sites excluding steroid dienone is 8. The minimum atomic E-state index is -1.77. The van der Waals surface area contributed by atoms with Crippen molar-refractivity contribution in [3.8, 4) is 0 Å². The van der Waals surface area contributed by atoms with Crippen LogP contribution in [-0.4, -0.2) is 142 Å². The average Bonchev–Trinajstić information content (AvgIpc) is 3.31. The van der Waals surface area contributed by atoms with Crippen LogP contribution < -0.4 is 0 Å². The van der Waals surface area contributed by atoms with Crippen molar-refractivity contribution in [2.45, 2.75) is 235 Å². The van der Waals surface area contributed by atoms with Gasteiger partial charge in [0.25, 0.3) is 0 Å². The van der Waals surface area contributed by atoms with Gasteiger partial charge in [0.2, 0.25) is 0 Å². The lowest BCUT2D eigenvalue weighted by atomic mass is 9.98. The second-order valence-electron chi connectivity index (χ2n) is 17.6. The van der Waals surface area contributed by atoms with Crippen molar-refractivity contribution in [2.24, 2.45) is 0 Å². The number of unbranched alkanes of at least 4 members (excludes halogenated alkanes) is 16. The number of aliphatic hydroxyl groups is 7. The largest absolute Gasteiger partial charge is 0.462 e. The molecular formula is C51H88O15. The molecule has 4 unspecified atom stereocenters. The summed E-state index contributed by atoms with van der Waals surface area (Å²) < 4.78 is 33.5. The molecule has 0 saturated carbocycles. The molecule has 2 saturated heterocycles. The van der Waals surface area contributed by atoms with E-state index in [4.69, 9.17) is 28.4 Å². The van der Waals surface area contributed by atoms with Gasteiger partial charge < -0.3 is 64.2 Å². The summed E-state index contributed by atoms with van der Waals surface area (Å²) in [5, 5.41) is 72.0. The van der Waals surface area contributed by atoms with E-state index in [1.807, 2.05) is 0 Å². The molecule has 66 heavy (non-hydrogen) atoms. The first kappa shape index (κ1) is 59.6. The first-order valence-electron chi connectivity index (χ1n) is 25.2. The zero-order valence-corrected chi connectivity index (χ0v) is 40.2. The average molecular weight is 941 g/mol. The molecule has 11 atom stereocenters. The Hall–Kier alpha value is -2.54. The van der Waals surface area contributed by atoms with E-state index in [0.29, 0.717) is 12.8 Å². The lowest BCUT2D eigenvalue weighted by Crippen LogP contribution is -2.61. The number of aliphatic hydroxyl groups excluding tert-OH is 7. The minimum Gasteiger partial charge on any atom is -0.462 e. The van der Waals surface area contributed by atoms with Crippen LogP contribution in [0.25, 0.3) is 0 Å². The van der Waals surface area contributed by atoms with Crippen molar-refractivity contribution in [1.82, 2.24) is 0 Å². The van der Waals surface area contributed by atoms with Gasteiger partial charge in [-0.15, -0.1) is 0 Å². The maximum absolute atomic E-state index is 13.0. The van der Waals surface area contributed by atoms with Crippen LogP contribution in [0.3, 0.4) is 0 Å². The molecule has 0 spiro atoms. The molecule has 0 bridgehead atoms. The van der Waals surface area contributed by atoms with Gasteiger partial charge in [-0.2, -0.15) is 0 Å². The number of ether oxygens (including phenoxy) is 6. The summed E-state index contributed by atoms with van der Waals surface area (Å²) in [5.41, 5.74) is 0. The Labute approximate surface area is 395 Å². The van der Waals surface area contributed by atoms with Gasteiger partial charge in [0, 0.05) is 12.8 Å². The molecule has 2 heterocycles. The van der Waals surface area contributed by atoms with Crippen molar-refractivity contribution in [3.05, 3.63) is 48.6 Å². The smallest absolute Gasteiger partial charge is 0.306 e. The summed E-state index contributed by atoms with van der Waals surface area (Å²) in [7, 11) is 0. The van der Waals surface area contributed by atoms with Gasteiger partial charge in [-0.1, -0.05) is 133 Å². The maximum atomic E-state index is 13.0. The predicted molar refractivity (Wildman–Crippen MR) is 252 cm³/mol. The first-order valence-corrected chi connectivity index (χ1v) is 25.2. The number of carbonyl (C=O) groups excluding carboxylic acids is 2. The summed E-state index contributed by atoms with van der Waals surface area (Å²) in [6.07, 6.45) is 24.3. The van der Waals surface area contributed by atoms with Crippen molar-refractivity contribution in [1.29, 1.82) is 0 Å². The quantitative estimate of drug-likeness (QED) is 0.0194. The highest BCUT2D eigenvalue weighted by Gasteiger charge is 2.47.